The number of carbonyl (C=O) groups excluding carboxylic acids is 2. The van der Waals surface area contributed by atoms with Crippen molar-refractivity contribution in [1.82, 2.24) is 29.8 Å². The van der Waals surface area contributed by atoms with E-state index in [2.05, 4.69) is 35.3 Å². The number of rotatable bonds is 40. The number of fused-ring (bicyclic) bond motifs is 1. The van der Waals surface area contributed by atoms with E-state index in [1.54, 1.807) is 52.1 Å². The zero-order valence-corrected chi connectivity index (χ0v) is 46.2. The molecule has 434 valence electrons. The highest BCUT2D eigenvalue weighted by Crippen LogP contribution is 2.37. The summed E-state index contributed by atoms with van der Waals surface area (Å²) in [6.45, 7) is 7.69. The third kappa shape index (κ3) is 21.3. The van der Waals surface area contributed by atoms with Crippen molar-refractivity contribution < 1.29 is 84.3 Å². The van der Waals surface area contributed by atoms with Crippen molar-refractivity contribution in [2.45, 2.75) is 44.7 Å². The first-order valence-electron chi connectivity index (χ1n) is 25.7. The zero-order chi connectivity index (χ0) is 55.4. The van der Waals surface area contributed by atoms with E-state index in [0.717, 1.165) is 23.9 Å². The number of nitrogens with zero attached hydrogens (tertiary/aromatic N) is 7. The number of amides is 1. The third-order valence-electron chi connectivity index (χ3n) is 11.8. The summed E-state index contributed by atoms with van der Waals surface area (Å²) in [5.41, 5.74) is 2.86. The summed E-state index contributed by atoms with van der Waals surface area (Å²) >= 11 is 6.48. The summed E-state index contributed by atoms with van der Waals surface area (Å²) in [4.78, 5) is 40.6. The Labute approximate surface area is 462 Å². The third-order valence-corrected chi connectivity index (χ3v) is 13.5. The van der Waals surface area contributed by atoms with E-state index in [-0.39, 0.29) is 68.0 Å². The molecule has 2 aromatic carbocycles. The van der Waals surface area contributed by atoms with Crippen LogP contribution in [-0.2, 0) is 69.9 Å². The summed E-state index contributed by atoms with van der Waals surface area (Å²) in [6, 6.07) is 9.87. The van der Waals surface area contributed by atoms with Gasteiger partial charge < -0.3 is 71.7 Å². The largest absolute Gasteiger partial charge is 0.491 e. The minimum absolute atomic E-state index is 0.0503. The van der Waals surface area contributed by atoms with Crippen molar-refractivity contribution in [2.24, 2.45) is 5.92 Å². The molecule has 1 amide bonds. The van der Waals surface area contributed by atoms with E-state index < -0.39 is 29.2 Å². The average Bonchev–Trinajstić information content (AvgIpc) is 4.37. The lowest BCUT2D eigenvalue weighted by Gasteiger charge is -2.40. The lowest BCUT2D eigenvalue weighted by atomic mass is 9.97. The van der Waals surface area contributed by atoms with Crippen LogP contribution < -0.4 is 19.7 Å². The second-order valence-electron chi connectivity index (χ2n) is 17.6. The number of halogens is 4. The molecule has 4 unspecified atom stereocenters. The van der Waals surface area contributed by atoms with Gasteiger partial charge in [0.1, 0.15) is 29.0 Å². The fourth-order valence-electron chi connectivity index (χ4n) is 7.82. The van der Waals surface area contributed by atoms with Gasteiger partial charge in [-0.2, -0.15) is 5.10 Å². The topological polar surface area (TPSA) is 242 Å². The van der Waals surface area contributed by atoms with E-state index >= 15 is 0 Å². The second kappa shape index (κ2) is 34.5. The Hall–Kier alpha value is -4.76. The standard InChI is InChI=1S/C50H66ClF3N8O15P2/c51-45-27-44(41-28-55-62(49(41)57-45)46-6-5-40(76-46)33-75-79-34-78-65)60-29-35(30-60)50(64)56-37-1-3-39(4-2-37)74-24-23-72-20-19-70-17-18-71-21-22-73-32-38-31-61(59-58-38)8-10-67-12-14-69-16-15-68-13-11-66-9-7-47(63)77-48-42(53)25-36(52)26-43(48)54/h1-4,25-28,31,35,40,46,65,78-79H,5-24,29-30,32-34H2,(H,56,64). The van der Waals surface area contributed by atoms with Crippen molar-refractivity contribution in [3.63, 3.8) is 0 Å². The Kier molecular flexibility index (Phi) is 27.0. The Morgan fingerprint density at radius 1 is 0.785 bits per heavy atom. The van der Waals surface area contributed by atoms with Gasteiger partial charge in [-0.15, -0.1) is 5.10 Å². The Morgan fingerprint density at radius 3 is 2.06 bits per heavy atom. The normalized spacial score (nSPS) is 15.8. The van der Waals surface area contributed by atoms with Crippen LogP contribution in [0.3, 0.4) is 0 Å². The van der Waals surface area contributed by atoms with Crippen LogP contribution in [0.1, 0.15) is 31.2 Å². The molecule has 2 aliphatic heterocycles. The molecule has 0 spiro atoms. The fraction of sp³-hybridized carbons (Fsp3) is 0.560. The summed E-state index contributed by atoms with van der Waals surface area (Å²) in [7, 11) is 0.142. The monoisotopic (exact) mass is 1170 g/mol. The van der Waals surface area contributed by atoms with Crippen LogP contribution >= 0.6 is 29.2 Å². The molecule has 3 aromatic heterocycles. The van der Waals surface area contributed by atoms with Crippen LogP contribution in [0.5, 0.6) is 11.5 Å². The van der Waals surface area contributed by atoms with Crippen LogP contribution in [0, 0.1) is 23.4 Å². The lowest BCUT2D eigenvalue weighted by Crippen LogP contribution is -2.52. The molecule has 7 rings (SSSR count). The molecule has 0 radical (unpaired) electrons. The fourth-order valence-corrected chi connectivity index (χ4v) is 8.98. The highest BCUT2D eigenvalue weighted by atomic mass is 35.5. The first-order chi connectivity index (χ1) is 38.6. The van der Waals surface area contributed by atoms with Crippen LogP contribution in [-0.4, -0.2) is 184 Å². The molecule has 2 fully saturated rings. The van der Waals surface area contributed by atoms with Gasteiger partial charge in [0, 0.05) is 54.4 Å². The summed E-state index contributed by atoms with van der Waals surface area (Å²) in [5, 5.41) is 17.0. The van der Waals surface area contributed by atoms with Crippen molar-refractivity contribution in [3.8, 4) is 11.5 Å². The molecule has 5 heterocycles. The van der Waals surface area contributed by atoms with Crippen LogP contribution in [0.25, 0.3) is 11.0 Å². The minimum Gasteiger partial charge on any atom is -0.491 e. The van der Waals surface area contributed by atoms with Gasteiger partial charge in [0.05, 0.1) is 161 Å². The molecule has 0 aliphatic carbocycles. The molecule has 23 nitrogen and oxygen atoms in total. The maximum atomic E-state index is 13.6. The van der Waals surface area contributed by atoms with E-state index in [1.165, 1.54) is 0 Å². The predicted molar refractivity (Wildman–Crippen MR) is 284 cm³/mol. The molecule has 2 N–H and O–H groups in total. The first-order valence-corrected chi connectivity index (χ1v) is 28.3. The quantitative estimate of drug-likeness (QED) is 0.0157. The van der Waals surface area contributed by atoms with Gasteiger partial charge in [-0.25, -0.2) is 27.5 Å². The number of aromatic nitrogens is 6. The average molecular weight is 1170 g/mol. The van der Waals surface area contributed by atoms with Crippen molar-refractivity contribution in [2.75, 3.05) is 142 Å². The Bertz CT molecular complexity index is 2590. The van der Waals surface area contributed by atoms with Gasteiger partial charge in [0.2, 0.25) is 11.7 Å². The van der Waals surface area contributed by atoms with E-state index in [1.807, 2.05) is 0 Å². The first kappa shape index (κ1) is 61.9. The van der Waals surface area contributed by atoms with Gasteiger partial charge in [0.25, 0.3) is 0 Å². The number of anilines is 2. The number of hydrogen-bond donors (Lipinski definition) is 2. The van der Waals surface area contributed by atoms with E-state index in [9.17, 15) is 22.8 Å². The number of pyridine rings is 1. The molecular weight excluding hydrogens is 1110 g/mol. The van der Waals surface area contributed by atoms with Crippen LogP contribution in [0.4, 0.5) is 24.5 Å². The summed E-state index contributed by atoms with van der Waals surface area (Å²) in [6.07, 6.45) is 4.57. The Balaban J connectivity index is 0.611. The van der Waals surface area contributed by atoms with Gasteiger partial charge in [0.15, 0.2) is 23.5 Å². The summed E-state index contributed by atoms with van der Waals surface area (Å²) < 4.78 is 110. The summed E-state index contributed by atoms with van der Waals surface area (Å²) in [5.74, 6) is -4.59. The number of benzene rings is 2. The lowest BCUT2D eigenvalue weighted by molar-refractivity contribution is -0.136. The maximum Gasteiger partial charge on any atom is 0.313 e. The minimum atomic E-state index is -1.31. The number of nitrogens with one attached hydrogen (secondary N) is 1. The van der Waals surface area contributed by atoms with Crippen molar-refractivity contribution in [3.05, 3.63) is 83.2 Å². The molecule has 0 bridgehead atoms. The second-order valence-corrected chi connectivity index (χ2v) is 20.3. The molecule has 79 heavy (non-hydrogen) atoms. The molecule has 0 saturated carbocycles. The van der Waals surface area contributed by atoms with Gasteiger partial charge in [-0.05, 0) is 43.2 Å². The van der Waals surface area contributed by atoms with Crippen LogP contribution in [0.15, 0.2) is 54.9 Å². The van der Waals surface area contributed by atoms with Gasteiger partial charge in [-0.1, -0.05) is 16.8 Å². The highest BCUT2D eigenvalue weighted by molar-refractivity contribution is 7.50. The highest BCUT2D eigenvalue weighted by Gasteiger charge is 2.35. The zero-order valence-electron chi connectivity index (χ0n) is 43.4. The number of ether oxygens (including phenoxy) is 11. The number of esters is 1. The van der Waals surface area contributed by atoms with E-state index in [0.29, 0.717) is 165 Å². The number of carbonyl (C=O) groups is 2. The van der Waals surface area contributed by atoms with Crippen molar-refractivity contribution >= 4 is 63.5 Å². The predicted octanol–water partition coefficient (Wildman–Crippen LogP) is 5.71. The van der Waals surface area contributed by atoms with Crippen LogP contribution in [0.2, 0.25) is 5.15 Å². The van der Waals surface area contributed by atoms with Gasteiger partial charge >= 0.3 is 5.97 Å². The molecular formula is C50H66ClF3N8O15P2. The van der Waals surface area contributed by atoms with Crippen molar-refractivity contribution in [1.29, 1.82) is 0 Å². The van der Waals surface area contributed by atoms with E-state index in [4.69, 9.17) is 68.4 Å². The Morgan fingerprint density at radius 2 is 1.41 bits per heavy atom. The molecule has 2 saturated heterocycles. The smallest absolute Gasteiger partial charge is 0.313 e. The molecule has 5 aromatic rings. The molecule has 4 atom stereocenters. The molecule has 2 aliphatic rings. The maximum absolute atomic E-state index is 13.6. The number of hydrogen-bond acceptors (Lipinski definition) is 20. The molecule has 29 heteroatoms. The van der Waals surface area contributed by atoms with Gasteiger partial charge in [-0.3, -0.25) is 9.59 Å². The SMILES string of the molecule is O=C(CCOCCOCCOCCOCCn1cc(COCCOCCOCCOCCOc2ccc(NC(=O)C3CN(c4cc(Cl)nc5c4cnn5C4CCC(COPCPO)O4)C3)cc2)nn1)Oc1c(F)cc(F)cc1F.